The molecule has 2 N–H and O–H groups in total. The Morgan fingerprint density at radius 3 is 2.10 bits per heavy atom. The molecule has 5 nitrogen and oxygen atoms in total. The Kier molecular flexibility index (Phi) is 8.73. The first-order valence-corrected chi connectivity index (χ1v) is 6.89. The molecule has 0 aromatic rings. The first-order valence-electron chi connectivity index (χ1n) is 6.89. The van der Waals surface area contributed by atoms with Crippen LogP contribution in [0.1, 0.15) is 40.0 Å². The molecule has 0 spiro atoms. The van der Waals surface area contributed by atoms with E-state index in [0.717, 1.165) is 0 Å². The van der Waals surface area contributed by atoms with Crippen molar-refractivity contribution in [2.75, 3.05) is 13.1 Å². The number of carbonyl (C=O) groups excluding carboxylic acids is 2. The van der Waals surface area contributed by atoms with Crippen LogP contribution < -0.4 is 10.6 Å². The van der Waals surface area contributed by atoms with Crippen molar-refractivity contribution in [3.63, 3.8) is 0 Å². The number of terminal acetylenes is 2. The van der Waals surface area contributed by atoms with Gasteiger partial charge in [-0.3, -0.25) is 4.79 Å². The molecule has 2 amide bonds. The van der Waals surface area contributed by atoms with E-state index in [1.807, 2.05) is 0 Å². The van der Waals surface area contributed by atoms with Gasteiger partial charge < -0.3 is 15.4 Å². The van der Waals surface area contributed by atoms with Gasteiger partial charge in [0.2, 0.25) is 5.91 Å². The van der Waals surface area contributed by atoms with Gasteiger partial charge in [0, 0.05) is 32.4 Å². The van der Waals surface area contributed by atoms with Gasteiger partial charge in [0.25, 0.3) is 0 Å². The molecule has 0 rings (SSSR count). The standard InChI is InChI=1S/C16H24N2O3/c1-6-8-13(9-7-2)12-14(19)17-10-11-18-15(20)21-16(3,4)5/h1-2,13H,8-12H2,3-5H3,(H,17,19)(H,18,20). The lowest BCUT2D eigenvalue weighted by Crippen LogP contribution is -2.38. The molecule has 0 aromatic carbocycles. The number of rotatable bonds is 7. The van der Waals surface area contributed by atoms with Gasteiger partial charge in [-0.1, -0.05) is 0 Å². The van der Waals surface area contributed by atoms with Crippen molar-refractivity contribution in [3.8, 4) is 24.7 Å². The highest BCUT2D eigenvalue weighted by Crippen LogP contribution is 2.11. The number of amides is 2. The second-order valence-corrected chi connectivity index (χ2v) is 5.67. The van der Waals surface area contributed by atoms with E-state index in [1.165, 1.54) is 0 Å². The maximum absolute atomic E-state index is 11.7. The normalized spacial score (nSPS) is 10.4. The second-order valence-electron chi connectivity index (χ2n) is 5.67. The molecule has 0 saturated heterocycles. The highest BCUT2D eigenvalue weighted by molar-refractivity contribution is 5.76. The minimum Gasteiger partial charge on any atom is -0.444 e. The van der Waals surface area contributed by atoms with Crippen molar-refractivity contribution < 1.29 is 14.3 Å². The lowest BCUT2D eigenvalue weighted by atomic mass is 9.98. The Morgan fingerprint density at radius 1 is 1.10 bits per heavy atom. The Labute approximate surface area is 127 Å². The molecule has 0 bridgehead atoms. The van der Waals surface area contributed by atoms with Crippen LogP contribution in [0.5, 0.6) is 0 Å². The van der Waals surface area contributed by atoms with E-state index >= 15 is 0 Å². The Morgan fingerprint density at radius 2 is 1.62 bits per heavy atom. The fourth-order valence-corrected chi connectivity index (χ4v) is 1.56. The molecule has 0 aliphatic carbocycles. The summed E-state index contributed by atoms with van der Waals surface area (Å²) >= 11 is 0. The summed E-state index contributed by atoms with van der Waals surface area (Å²) in [5.74, 6) is 4.90. The number of alkyl carbamates (subject to hydrolysis) is 1. The molecular formula is C16H24N2O3. The molecule has 21 heavy (non-hydrogen) atoms. The largest absolute Gasteiger partial charge is 0.444 e. The van der Waals surface area contributed by atoms with Gasteiger partial charge in [0.1, 0.15) is 5.60 Å². The van der Waals surface area contributed by atoms with Crippen LogP contribution in [-0.2, 0) is 9.53 Å². The van der Waals surface area contributed by atoms with Crippen molar-refractivity contribution in [2.24, 2.45) is 5.92 Å². The van der Waals surface area contributed by atoms with Gasteiger partial charge in [0.15, 0.2) is 0 Å². The van der Waals surface area contributed by atoms with Crippen LogP contribution in [0.4, 0.5) is 4.79 Å². The van der Waals surface area contributed by atoms with Gasteiger partial charge >= 0.3 is 6.09 Å². The quantitative estimate of drug-likeness (QED) is 0.554. The predicted molar refractivity (Wildman–Crippen MR) is 82.3 cm³/mol. The second kappa shape index (κ2) is 9.72. The molecule has 0 atom stereocenters. The first-order chi connectivity index (χ1) is 9.78. The average Bonchev–Trinajstić information content (AvgIpc) is 2.33. The molecule has 5 heteroatoms. The molecule has 0 fully saturated rings. The van der Waals surface area contributed by atoms with E-state index in [-0.39, 0.29) is 11.8 Å². The zero-order chi connectivity index (χ0) is 16.3. The summed E-state index contributed by atoms with van der Waals surface area (Å²) in [6.07, 6.45) is 11.2. The van der Waals surface area contributed by atoms with E-state index in [2.05, 4.69) is 22.5 Å². The van der Waals surface area contributed by atoms with Gasteiger partial charge in [-0.25, -0.2) is 4.79 Å². The van der Waals surface area contributed by atoms with E-state index in [9.17, 15) is 9.59 Å². The fourth-order valence-electron chi connectivity index (χ4n) is 1.56. The van der Waals surface area contributed by atoms with Crippen molar-refractivity contribution in [1.82, 2.24) is 10.6 Å². The predicted octanol–water partition coefficient (Wildman–Crippen LogP) is 1.68. The van der Waals surface area contributed by atoms with E-state index in [0.29, 0.717) is 32.4 Å². The number of ether oxygens (including phenoxy) is 1. The topological polar surface area (TPSA) is 67.4 Å². The van der Waals surface area contributed by atoms with Crippen LogP contribution in [0, 0.1) is 30.6 Å². The summed E-state index contributed by atoms with van der Waals surface area (Å²) in [5.41, 5.74) is -0.537. The third-order valence-corrected chi connectivity index (χ3v) is 2.40. The first kappa shape index (κ1) is 18.9. The summed E-state index contributed by atoms with van der Waals surface area (Å²) in [6.45, 7) is 5.98. The Hall–Kier alpha value is -2.14. The zero-order valence-corrected chi connectivity index (χ0v) is 13.0. The molecule has 0 aliphatic rings. The monoisotopic (exact) mass is 292 g/mol. The van der Waals surface area contributed by atoms with Gasteiger partial charge in [0.05, 0.1) is 0 Å². The molecule has 0 saturated carbocycles. The van der Waals surface area contributed by atoms with Gasteiger partial charge in [-0.15, -0.1) is 24.7 Å². The van der Waals surface area contributed by atoms with Crippen LogP contribution in [0.15, 0.2) is 0 Å². The molecule has 0 unspecified atom stereocenters. The third-order valence-electron chi connectivity index (χ3n) is 2.40. The maximum Gasteiger partial charge on any atom is 0.407 e. The SMILES string of the molecule is C#CCC(CC#C)CC(=O)NCCNC(=O)OC(C)(C)C. The van der Waals surface area contributed by atoms with Crippen molar-refractivity contribution in [1.29, 1.82) is 0 Å². The highest BCUT2D eigenvalue weighted by Gasteiger charge is 2.15. The summed E-state index contributed by atoms with van der Waals surface area (Å²) in [4.78, 5) is 23.0. The molecule has 0 heterocycles. The van der Waals surface area contributed by atoms with Crippen LogP contribution >= 0.6 is 0 Å². The Bertz CT molecular complexity index is 408. The lowest BCUT2D eigenvalue weighted by Gasteiger charge is -2.19. The summed E-state index contributed by atoms with van der Waals surface area (Å²) in [7, 11) is 0. The summed E-state index contributed by atoms with van der Waals surface area (Å²) in [6, 6.07) is 0. The summed E-state index contributed by atoms with van der Waals surface area (Å²) in [5, 5.41) is 5.26. The number of hydrogen-bond donors (Lipinski definition) is 2. The number of nitrogens with one attached hydrogen (secondary N) is 2. The molecule has 116 valence electrons. The number of hydrogen-bond acceptors (Lipinski definition) is 3. The van der Waals surface area contributed by atoms with Crippen molar-refractivity contribution >= 4 is 12.0 Å². The maximum atomic E-state index is 11.7. The fraction of sp³-hybridized carbons (Fsp3) is 0.625. The van der Waals surface area contributed by atoms with E-state index in [4.69, 9.17) is 17.6 Å². The molecular weight excluding hydrogens is 268 g/mol. The Balaban J connectivity index is 3.87. The van der Waals surface area contributed by atoms with Crippen LogP contribution in [0.2, 0.25) is 0 Å². The van der Waals surface area contributed by atoms with Crippen LogP contribution in [-0.4, -0.2) is 30.7 Å². The third kappa shape index (κ3) is 11.4. The van der Waals surface area contributed by atoms with Gasteiger partial charge in [-0.2, -0.15) is 0 Å². The van der Waals surface area contributed by atoms with E-state index in [1.54, 1.807) is 20.8 Å². The molecule has 0 radical (unpaired) electrons. The minimum atomic E-state index is -0.537. The van der Waals surface area contributed by atoms with Gasteiger partial charge in [-0.05, 0) is 26.7 Å². The highest BCUT2D eigenvalue weighted by atomic mass is 16.6. The average molecular weight is 292 g/mol. The zero-order valence-electron chi connectivity index (χ0n) is 13.0. The summed E-state index contributed by atoms with van der Waals surface area (Å²) < 4.78 is 5.07. The lowest BCUT2D eigenvalue weighted by molar-refractivity contribution is -0.121. The van der Waals surface area contributed by atoms with Crippen LogP contribution in [0.3, 0.4) is 0 Å². The van der Waals surface area contributed by atoms with Crippen molar-refractivity contribution in [2.45, 2.75) is 45.6 Å². The number of carbonyl (C=O) groups is 2. The van der Waals surface area contributed by atoms with Crippen molar-refractivity contribution in [3.05, 3.63) is 0 Å². The molecule has 0 aliphatic heterocycles. The van der Waals surface area contributed by atoms with Crippen LogP contribution in [0.25, 0.3) is 0 Å². The minimum absolute atomic E-state index is 0.00110. The smallest absolute Gasteiger partial charge is 0.407 e. The molecule has 0 aromatic heterocycles. The van der Waals surface area contributed by atoms with E-state index < -0.39 is 11.7 Å².